The van der Waals surface area contributed by atoms with Crippen molar-refractivity contribution in [3.05, 3.63) is 54.1 Å². The number of hydrogen-bond acceptors (Lipinski definition) is 4. The largest absolute Gasteiger partial charge is 0.463 e. The highest BCUT2D eigenvalue weighted by Gasteiger charge is 2.70. The third kappa shape index (κ3) is 5.15. The molecule has 44 heavy (non-hydrogen) atoms. The third-order valence-electron chi connectivity index (χ3n) is 14.9. The first-order valence-corrected chi connectivity index (χ1v) is 17.7. The lowest BCUT2D eigenvalue weighted by molar-refractivity contribution is -0.238. The van der Waals surface area contributed by atoms with Gasteiger partial charge in [0.15, 0.2) is 0 Å². The molecule has 1 N–H and O–H groups in total. The van der Waals surface area contributed by atoms with E-state index in [4.69, 9.17) is 9.47 Å². The van der Waals surface area contributed by atoms with E-state index < -0.39 is 0 Å². The van der Waals surface area contributed by atoms with Crippen LogP contribution in [0.5, 0.6) is 0 Å². The zero-order chi connectivity index (χ0) is 31.3. The standard InChI is InChI=1S/C40H58O4/c1-27(2)30-16-21-40(26-44-35(42)25-43-24-10-13-29-11-8-7-9-12-29)23-22-38(5)32(36(30)40)14-15-34-37(4)19-18-33(41)28(3)31(37)17-20-39(34,38)6/h7-13,28,30-34,36,41H,1,14-26H2,2-6H3/b13-10+/t28-,30+,31?,32?,33+,34?,36?,37+,38-,39-,40-/m1/s1. The van der Waals surface area contributed by atoms with Crippen molar-refractivity contribution in [3.8, 4) is 0 Å². The predicted octanol–water partition coefficient (Wildman–Crippen LogP) is 8.89. The van der Waals surface area contributed by atoms with Gasteiger partial charge >= 0.3 is 5.97 Å². The minimum atomic E-state index is -0.242. The molecule has 242 valence electrons. The van der Waals surface area contributed by atoms with Gasteiger partial charge in [0.1, 0.15) is 6.61 Å². The van der Waals surface area contributed by atoms with Crippen LogP contribution in [0.4, 0.5) is 0 Å². The molecule has 5 aliphatic rings. The average Bonchev–Trinajstić information content (AvgIpc) is 3.39. The van der Waals surface area contributed by atoms with E-state index in [-0.39, 0.29) is 29.5 Å². The Kier molecular flexibility index (Phi) is 8.76. The van der Waals surface area contributed by atoms with Crippen LogP contribution in [-0.2, 0) is 14.3 Å². The molecule has 5 fully saturated rings. The number of carbonyl (C=O) groups excluding carboxylic acids is 1. The van der Waals surface area contributed by atoms with Gasteiger partial charge in [-0.05, 0) is 128 Å². The Morgan fingerprint density at radius 1 is 0.955 bits per heavy atom. The lowest BCUT2D eigenvalue weighted by Crippen LogP contribution is -2.65. The Bertz CT molecular complexity index is 1240. The number of carbonyl (C=O) groups is 1. The zero-order valence-corrected chi connectivity index (χ0v) is 28.2. The molecule has 0 bridgehead atoms. The van der Waals surface area contributed by atoms with Crippen LogP contribution in [0.1, 0.15) is 104 Å². The Morgan fingerprint density at radius 3 is 2.48 bits per heavy atom. The Morgan fingerprint density at radius 2 is 1.73 bits per heavy atom. The summed E-state index contributed by atoms with van der Waals surface area (Å²) in [6, 6.07) is 10.1. The van der Waals surface area contributed by atoms with Crippen molar-refractivity contribution < 1.29 is 19.4 Å². The predicted molar refractivity (Wildman–Crippen MR) is 178 cm³/mol. The first-order chi connectivity index (χ1) is 21.0. The van der Waals surface area contributed by atoms with Gasteiger partial charge in [-0.1, -0.05) is 82.3 Å². The van der Waals surface area contributed by atoms with Crippen LogP contribution in [0.25, 0.3) is 6.08 Å². The molecule has 5 saturated carbocycles. The summed E-state index contributed by atoms with van der Waals surface area (Å²) in [5.74, 6) is 3.18. The van der Waals surface area contributed by atoms with E-state index in [1.807, 2.05) is 30.4 Å². The maximum absolute atomic E-state index is 12.9. The highest BCUT2D eigenvalue weighted by Crippen LogP contribution is 2.76. The van der Waals surface area contributed by atoms with Crippen LogP contribution in [0.15, 0.2) is 48.6 Å². The summed E-state index contributed by atoms with van der Waals surface area (Å²) in [5, 5.41) is 10.8. The van der Waals surface area contributed by atoms with Crippen LogP contribution in [0, 0.1) is 57.2 Å². The zero-order valence-electron chi connectivity index (χ0n) is 28.2. The molecule has 0 radical (unpaired) electrons. The summed E-state index contributed by atoms with van der Waals surface area (Å²) in [6.45, 7) is 17.9. The Balaban J connectivity index is 1.16. The smallest absolute Gasteiger partial charge is 0.332 e. The summed E-state index contributed by atoms with van der Waals surface area (Å²) in [7, 11) is 0. The minimum Gasteiger partial charge on any atom is -0.463 e. The number of ether oxygens (including phenoxy) is 2. The SMILES string of the molecule is C=C(C)[C@@H]1CC[C@]2(COC(=O)COC/C=C/c3ccccc3)CC[C@]3(C)C(CCC4[C@@]5(C)CC[C@H](O)[C@H](C)C5CC[C@]43C)C12. The van der Waals surface area contributed by atoms with Gasteiger partial charge in [-0.2, -0.15) is 0 Å². The number of allylic oxidation sites excluding steroid dienone is 1. The summed E-state index contributed by atoms with van der Waals surface area (Å²) >= 11 is 0. The molecule has 4 heteroatoms. The average molecular weight is 603 g/mol. The van der Waals surface area contributed by atoms with Crippen LogP contribution < -0.4 is 0 Å². The van der Waals surface area contributed by atoms with E-state index in [1.54, 1.807) is 0 Å². The van der Waals surface area contributed by atoms with E-state index in [9.17, 15) is 9.90 Å². The van der Waals surface area contributed by atoms with Crippen molar-refractivity contribution in [3.63, 3.8) is 0 Å². The molecule has 0 spiro atoms. The fourth-order valence-corrected chi connectivity index (χ4v) is 12.4. The first-order valence-electron chi connectivity index (χ1n) is 17.7. The van der Waals surface area contributed by atoms with Gasteiger partial charge in [0.25, 0.3) is 0 Å². The number of aliphatic hydroxyl groups excluding tert-OH is 1. The summed E-state index contributed by atoms with van der Waals surface area (Å²) in [4.78, 5) is 12.9. The minimum absolute atomic E-state index is 0.00243. The highest BCUT2D eigenvalue weighted by molar-refractivity contribution is 5.70. The molecule has 5 aliphatic carbocycles. The second-order valence-electron chi connectivity index (χ2n) is 16.6. The maximum atomic E-state index is 12.9. The van der Waals surface area contributed by atoms with Crippen LogP contribution in [0.3, 0.4) is 0 Å². The summed E-state index contributed by atoms with van der Waals surface area (Å²) in [5.41, 5.74) is 3.38. The lowest BCUT2D eigenvalue weighted by Gasteiger charge is -2.72. The molecule has 0 amide bonds. The second-order valence-corrected chi connectivity index (χ2v) is 16.6. The number of rotatable bonds is 8. The van der Waals surface area contributed by atoms with Gasteiger partial charge in [-0.25, -0.2) is 4.79 Å². The van der Waals surface area contributed by atoms with Gasteiger partial charge in [0, 0.05) is 5.41 Å². The Hall–Kier alpha value is -1.91. The quantitative estimate of drug-likeness (QED) is 0.183. The van der Waals surface area contributed by atoms with Crippen LogP contribution in [-0.4, -0.2) is 37.0 Å². The molecule has 4 nitrogen and oxygen atoms in total. The van der Waals surface area contributed by atoms with Crippen molar-refractivity contribution in [1.82, 2.24) is 0 Å². The topological polar surface area (TPSA) is 55.8 Å². The molecule has 1 aromatic rings. The fraction of sp³-hybridized carbons (Fsp3) is 0.725. The molecular formula is C40H58O4. The van der Waals surface area contributed by atoms with Crippen molar-refractivity contribution >= 4 is 12.0 Å². The van der Waals surface area contributed by atoms with E-state index in [1.165, 1.54) is 50.5 Å². The van der Waals surface area contributed by atoms with Gasteiger partial charge in [0.05, 0.1) is 19.3 Å². The molecular weight excluding hydrogens is 544 g/mol. The molecule has 11 atom stereocenters. The monoisotopic (exact) mass is 602 g/mol. The summed E-state index contributed by atoms with van der Waals surface area (Å²) in [6.07, 6.45) is 15.7. The molecule has 1 aromatic carbocycles. The van der Waals surface area contributed by atoms with Crippen LogP contribution in [0.2, 0.25) is 0 Å². The fourth-order valence-electron chi connectivity index (χ4n) is 12.4. The van der Waals surface area contributed by atoms with Gasteiger partial charge in [-0.15, -0.1) is 0 Å². The van der Waals surface area contributed by atoms with Gasteiger partial charge in [-0.3, -0.25) is 0 Å². The molecule has 6 rings (SSSR count). The third-order valence-corrected chi connectivity index (χ3v) is 14.9. The second kappa shape index (κ2) is 12.0. The molecule has 0 aromatic heterocycles. The van der Waals surface area contributed by atoms with Crippen molar-refractivity contribution in [2.24, 2.45) is 57.2 Å². The van der Waals surface area contributed by atoms with Gasteiger partial charge < -0.3 is 14.6 Å². The maximum Gasteiger partial charge on any atom is 0.332 e. The lowest BCUT2D eigenvalue weighted by atomic mass is 9.33. The number of aliphatic hydroxyl groups is 1. The summed E-state index contributed by atoms with van der Waals surface area (Å²) < 4.78 is 11.8. The van der Waals surface area contributed by atoms with Crippen molar-refractivity contribution in [2.75, 3.05) is 19.8 Å². The normalized spacial score (nSPS) is 44.7. The van der Waals surface area contributed by atoms with E-state index >= 15 is 0 Å². The Labute approximate surface area is 267 Å². The number of fused-ring (bicyclic) bond motifs is 7. The van der Waals surface area contributed by atoms with E-state index in [0.717, 1.165) is 24.8 Å². The molecule has 0 heterocycles. The number of esters is 1. The highest BCUT2D eigenvalue weighted by atomic mass is 16.6. The van der Waals surface area contributed by atoms with Crippen molar-refractivity contribution in [1.29, 1.82) is 0 Å². The molecule has 0 saturated heterocycles. The number of benzene rings is 1. The van der Waals surface area contributed by atoms with Gasteiger partial charge in [0.2, 0.25) is 0 Å². The first kappa shape index (κ1) is 32.0. The number of hydrogen-bond donors (Lipinski definition) is 1. The van der Waals surface area contributed by atoms with E-state index in [0.29, 0.717) is 59.6 Å². The van der Waals surface area contributed by atoms with E-state index in [2.05, 4.69) is 53.3 Å². The molecule has 4 unspecified atom stereocenters. The van der Waals surface area contributed by atoms with Crippen molar-refractivity contribution in [2.45, 2.75) is 105 Å². The van der Waals surface area contributed by atoms with Crippen LogP contribution >= 0.6 is 0 Å². The molecule has 0 aliphatic heterocycles.